The van der Waals surface area contributed by atoms with Crippen LogP contribution in [0.1, 0.15) is 48.5 Å². The van der Waals surface area contributed by atoms with Crippen LogP contribution in [0.4, 0.5) is 17.6 Å². The Balaban J connectivity index is 2.36. The average molecular weight is 303 g/mol. The van der Waals surface area contributed by atoms with E-state index in [1.54, 1.807) is 0 Å². The van der Waals surface area contributed by atoms with Crippen LogP contribution in [0, 0.1) is 11.7 Å². The zero-order chi connectivity index (χ0) is 15.8. The summed E-state index contributed by atoms with van der Waals surface area (Å²) < 4.78 is 51.4. The molecule has 2 unspecified atom stereocenters. The molecule has 1 aromatic rings. The van der Waals surface area contributed by atoms with Gasteiger partial charge in [-0.3, -0.25) is 4.79 Å². The summed E-state index contributed by atoms with van der Waals surface area (Å²) >= 11 is 0. The molecule has 2 N–H and O–H groups in total. The van der Waals surface area contributed by atoms with E-state index >= 15 is 0 Å². The molecular formula is C15H17F4NO. The maximum atomic E-state index is 13.3. The monoisotopic (exact) mass is 303 g/mol. The van der Waals surface area contributed by atoms with Gasteiger partial charge in [0, 0.05) is 5.56 Å². The maximum absolute atomic E-state index is 13.3. The maximum Gasteiger partial charge on any atom is 0.419 e. The van der Waals surface area contributed by atoms with Gasteiger partial charge in [-0.1, -0.05) is 19.8 Å². The molecule has 0 amide bonds. The van der Waals surface area contributed by atoms with E-state index in [0.29, 0.717) is 25.0 Å². The number of hydrogen-bond acceptors (Lipinski definition) is 2. The first-order valence-corrected chi connectivity index (χ1v) is 6.84. The van der Waals surface area contributed by atoms with Crippen LogP contribution in [0.5, 0.6) is 0 Å². The summed E-state index contributed by atoms with van der Waals surface area (Å²) in [6.45, 7) is 1.96. The highest BCUT2D eigenvalue weighted by atomic mass is 19.4. The molecule has 2 atom stereocenters. The summed E-state index contributed by atoms with van der Waals surface area (Å²) in [5.41, 5.74) is 3.33. The minimum atomic E-state index is -4.83. The van der Waals surface area contributed by atoms with Crippen molar-refractivity contribution in [3.05, 3.63) is 35.1 Å². The number of halogens is 4. The van der Waals surface area contributed by atoms with Crippen LogP contribution in [0.15, 0.2) is 18.2 Å². The first-order chi connectivity index (χ1) is 9.63. The van der Waals surface area contributed by atoms with Crippen molar-refractivity contribution in [2.75, 3.05) is 0 Å². The summed E-state index contributed by atoms with van der Waals surface area (Å²) in [5.74, 6) is -1.68. The standard InChI is InChI=1S/C15H17F4NO/c1-9-3-2-6-14(20,8-9)13(21)10-4-5-12(16)11(7-10)15(17,18)19/h4-5,7,9H,2-3,6,8,20H2,1H3. The Bertz CT molecular complexity index is 555. The molecular weight excluding hydrogens is 286 g/mol. The zero-order valence-electron chi connectivity index (χ0n) is 11.6. The van der Waals surface area contributed by atoms with E-state index in [9.17, 15) is 22.4 Å². The molecule has 2 nitrogen and oxygen atoms in total. The van der Waals surface area contributed by atoms with Crippen molar-refractivity contribution in [2.24, 2.45) is 11.7 Å². The van der Waals surface area contributed by atoms with E-state index in [1.165, 1.54) is 0 Å². The lowest BCUT2D eigenvalue weighted by Crippen LogP contribution is -2.51. The minimum Gasteiger partial charge on any atom is -0.319 e. The number of carbonyl (C=O) groups is 1. The summed E-state index contributed by atoms with van der Waals surface area (Å²) in [6, 6.07) is 2.30. The lowest BCUT2D eigenvalue weighted by atomic mass is 9.73. The molecule has 6 heteroatoms. The van der Waals surface area contributed by atoms with Gasteiger partial charge in [0.05, 0.1) is 11.1 Å². The first kappa shape index (κ1) is 15.9. The third kappa shape index (κ3) is 3.26. The van der Waals surface area contributed by atoms with E-state index < -0.39 is 28.9 Å². The minimum absolute atomic E-state index is 0.180. The van der Waals surface area contributed by atoms with Gasteiger partial charge in [0.15, 0.2) is 5.78 Å². The molecule has 0 saturated heterocycles. The number of nitrogens with two attached hydrogens (primary N) is 1. The molecule has 1 aliphatic rings. The molecule has 116 valence electrons. The fourth-order valence-electron chi connectivity index (χ4n) is 2.97. The van der Waals surface area contributed by atoms with Gasteiger partial charge >= 0.3 is 6.18 Å². The van der Waals surface area contributed by atoms with Crippen molar-refractivity contribution >= 4 is 5.78 Å². The largest absolute Gasteiger partial charge is 0.419 e. The molecule has 1 aliphatic carbocycles. The summed E-state index contributed by atoms with van der Waals surface area (Å²) in [7, 11) is 0. The topological polar surface area (TPSA) is 43.1 Å². The van der Waals surface area contributed by atoms with E-state index in [1.807, 2.05) is 6.92 Å². The Labute approximate surface area is 120 Å². The fraction of sp³-hybridized carbons (Fsp3) is 0.533. The third-order valence-electron chi connectivity index (χ3n) is 4.02. The lowest BCUT2D eigenvalue weighted by Gasteiger charge is -2.35. The number of rotatable bonds is 2. The predicted molar refractivity (Wildman–Crippen MR) is 70.3 cm³/mol. The highest BCUT2D eigenvalue weighted by Crippen LogP contribution is 2.35. The van der Waals surface area contributed by atoms with Gasteiger partial charge in [0.25, 0.3) is 0 Å². The van der Waals surface area contributed by atoms with Crippen LogP contribution in [0.25, 0.3) is 0 Å². The zero-order valence-corrected chi connectivity index (χ0v) is 11.6. The van der Waals surface area contributed by atoms with Crippen molar-refractivity contribution in [1.82, 2.24) is 0 Å². The molecule has 2 rings (SSSR count). The van der Waals surface area contributed by atoms with Crippen LogP contribution < -0.4 is 5.73 Å². The van der Waals surface area contributed by atoms with Gasteiger partial charge in [-0.15, -0.1) is 0 Å². The van der Waals surface area contributed by atoms with Crippen LogP contribution in [0.2, 0.25) is 0 Å². The number of benzene rings is 1. The van der Waals surface area contributed by atoms with Gasteiger partial charge in [-0.25, -0.2) is 4.39 Å². The van der Waals surface area contributed by atoms with Crippen LogP contribution in [-0.2, 0) is 6.18 Å². The molecule has 0 heterocycles. The Morgan fingerprint density at radius 2 is 2.05 bits per heavy atom. The molecule has 1 fully saturated rings. The quantitative estimate of drug-likeness (QED) is 0.664. The fourth-order valence-corrected chi connectivity index (χ4v) is 2.97. The molecule has 21 heavy (non-hydrogen) atoms. The van der Waals surface area contributed by atoms with Gasteiger partial charge in [0.2, 0.25) is 0 Å². The van der Waals surface area contributed by atoms with Gasteiger partial charge in [-0.2, -0.15) is 13.2 Å². The predicted octanol–water partition coefficient (Wildman–Crippen LogP) is 3.93. The smallest absolute Gasteiger partial charge is 0.319 e. The highest BCUT2D eigenvalue weighted by Gasteiger charge is 2.40. The SMILES string of the molecule is CC1CCCC(N)(C(=O)c2ccc(F)c(C(F)(F)F)c2)C1. The number of Topliss-reactive ketones (excluding diaryl/α,β-unsaturated/α-hetero) is 1. The van der Waals surface area contributed by atoms with Crippen molar-refractivity contribution in [1.29, 1.82) is 0 Å². The van der Waals surface area contributed by atoms with Crippen molar-refractivity contribution in [3.63, 3.8) is 0 Å². The van der Waals surface area contributed by atoms with Gasteiger partial charge < -0.3 is 5.73 Å². The molecule has 0 aliphatic heterocycles. The van der Waals surface area contributed by atoms with Gasteiger partial charge in [0.1, 0.15) is 5.82 Å². The first-order valence-electron chi connectivity index (χ1n) is 6.84. The lowest BCUT2D eigenvalue weighted by molar-refractivity contribution is -0.140. The van der Waals surface area contributed by atoms with E-state index in [2.05, 4.69) is 0 Å². The second-order valence-electron chi connectivity index (χ2n) is 5.88. The van der Waals surface area contributed by atoms with Crippen molar-refractivity contribution in [3.8, 4) is 0 Å². The normalized spacial score (nSPS) is 26.7. The van der Waals surface area contributed by atoms with E-state index in [0.717, 1.165) is 18.9 Å². The average Bonchev–Trinajstić information content (AvgIpc) is 2.37. The number of ketones is 1. The number of alkyl halides is 3. The van der Waals surface area contributed by atoms with Crippen LogP contribution >= 0.6 is 0 Å². The molecule has 1 aromatic carbocycles. The molecule has 0 spiro atoms. The summed E-state index contributed by atoms with van der Waals surface area (Å²) in [6.07, 6.45) is -2.25. The van der Waals surface area contributed by atoms with E-state index in [-0.39, 0.29) is 11.5 Å². The second kappa shape index (κ2) is 5.40. The van der Waals surface area contributed by atoms with Crippen molar-refractivity contribution in [2.45, 2.75) is 44.3 Å². The number of hydrogen-bond donors (Lipinski definition) is 1. The molecule has 0 radical (unpaired) electrons. The second-order valence-corrected chi connectivity index (χ2v) is 5.88. The van der Waals surface area contributed by atoms with Crippen LogP contribution in [-0.4, -0.2) is 11.3 Å². The summed E-state index contributed by atoms with van der Waals surface area (Å²) in [5, 5.41) is 0. The molecule has 0 aromatic heterocycles. The van der Waals surface area contributed by atoms with Gasteiger partial charge in [-0.05, 0) is 37.0 Å². The Morgan fingerprint density at radius 3 is 2.62 bits per heavy atom. The molecule has 1 saturated carbocycles. The Kier molecular flexibility index (Phi) is 4.10. The van der Waals surface area contributed by atoms with Crippen molar-refractivity contribution < 1.29 is 22.4 Å². The number of carbonyl (C=O) groups excluding carboxylic acids is 1. The molecule has 0 bridgehead atoms. The van der Waals surface area contributed by atoms with Crippen LogP contribution in [0.3, 0.4) is 0 Å². The van der Waals surface area contributed by atoms with E-state index in [4.69, 9.17) is 5.73 Å². The third-order valence-corrected chi connectivity index (χ3v) is 4.02. The Morgan fingerprint density at radius 1 is 1.38 bits per heavy atom. The Hall–Kier alpha value is -1.43. The highest BCUT2D eigenvalue weighted by molar-refractivity contribution is 6.03. The summed E-state index contributed by atoms with van der Waals surface area (Å²) in [4.78, 5) is 12.4.